The molecule has 6 nitrogen and oxygen atoms in total. The Kier molecular flexibility index (Phi) is 10.2. The SMILES string of the molecule is CCN(CC)c1ccc(C=NN=CC2=C(N3CCOCC3)/C(=C\c3ccc(N(CC)CC)cc3)CC2)cc1. The van der Waals surface area contributed by atoms with Gasteiger partial charge in [0.05, 0.1) is 25.6 Å². The molecule has 0 atom stereocenters. The van der Waals surface area contributed by atoms with Crippen LogP contribution in [0.4, 0.5) is 11.4 Å². The largest absolute Gasteiger partial charge is 0.378 e. The maximum atomic E-state index is 5.64. The fraction of sp³-hybridized carbons (Fsp3) is 0.438. The Morgan fingerprint density at radius 1 is 0.711 bits per heavy atom. The van der Waals surface area contributed by atoms with Crippen LogP contribution in [0.15, 0.2) is 75.6 Å². The monoisotopic (exact) mass is 513 g/mol. The van der Waals surface area contributed by atoms with E-state index in [-0.39, 0.29) is 0 Å². The van der Waals surface area contributed by atoms with Crippen LogP contribution < -0.4 is 9.80 Å². The molecule has 2 aromatic rings. The van der Waals surface area contributed by atoms with E-state index in [0.717, 1.165) is 70.9 Å². The number of rotatable bonds is 11. The number of ether oxygens (including phenoxy) is 1. The highest BCUT2D eigenvalue weighted by Crippen LogP contribution is 2.35. The lowest BCUT2D eigenvalue weighted by atomic mass is 10.1. The molecule has 4 rings (SSSR count). The van der Waals surface area contributed by atoms with E-state index in [4.69, 9.17) is 4.74 Å². The Morgan fingerprint density at radius 2 is 1.24 bits per heavy atom. The molecule has 0 amide bonds. The summed E-state index contributed by atoms with van der Waals surface area (Å²) in [5.41, 5.74) is 8.76. The molecule has 1 saturated heterocycles. The summed E-state index contributed by atoms with van der Waals surface area (Å²) in [6, 6.07) is 17.5. The summed E-state index contributed by atoms with van der Waals surface area (Å²) in [5, 5.41) is 8.84. The minimum absolute atomic E-state index is 0.765. The van der Waals surface area contributed by atoms with Gasteiger partial charge in [-0.15, -0.1) is 0 Å². The zero-order chi connectivity index (χ0) is 26.7. The van der Waals surface area contributed by atoms with Crippen molar-refractivity contribution in [3.05, 3.63) is 76.5 Å². The van der Waals surface area contributed by atoms with Crippen LogP contribution in [0.1, 0.15) is 51.7 Å². The third-order valence-corrected chi connectivity index (χ3v) is 7.47. The molecular formula is C32H43N5O. The van der Waals surface area contributed by atoms with Gasteiger partial charge < -0.3 is 19.4 Å². The van der Waals surface area contributed by atoms with E-state index in [2.05, 4.69) is 107 Å². The average molecular weight is 514 g/mol. The van der Waals surface area contributed by atoms with Crippen molar-refractivity contribution in [3.63, 3.8) is 0 Å². The van der Waals surface area contributed by atoms with Gasteiger partial charge in [-0.1, -0.05) is 24.3 Å². The number of allylic oxidation sites excluding steroid dienone is 2. The fourth-order valence-corrected chi connectivity index (χ4v) is 5.31. The zero-order valence-electron chi connectivity index (χ0n) is 23.6. The highest BCUT2D eigenvalue weighted by molar-refractivity contribution is 5.85. The van der Waals surface area contributed by atoms with Crippen molar-refractivity contribution in [2.75, 3.05) is 62.3 Å². The molecule has 2 aliphatic rings. The lowest BCUT2D eigenvalue weighted by molar-refractivity contribution is 0.0548. The van der Waals surface area contributed by atoms with Crippen LogP contribution in [0.5, 0.6) is 0 Å². The Bertz CT molecular complexity index is 1130. The van der Waals surface area contributed by atoms with E-state index in [9.17, 15) is 0 Å². The summed E-state index contributed by atoms with van der Waals surface area (Å²) in [5.74, 6) is 0. The third kappa shape index (κ3) is 6.93. The molecule has 0 saturated carbocycles. The van der Waals surface area contributed by atoms with Crippen molar-refractivity contribution >= 4 is 29.9 Å². The lowest BCUT2D eigenvalue weighted by Gasteiger charge is -2.31. The number of hydrogen-bond donors (Lipinski definition) is 0. The van der Waals surface area contributed by atoms with E-state index in [0.29, 0.717) is 0 Å². The van der Waals surface area contributed by atoms with Gasteiger partial charge in [0, 0.05) is 56.3 Å². The van der Waals surface area contributed by atoms with Crippen LogP contribution >= 0.6 is 0 Å². The average Bonchev–Trinajstić information content (AvgIpc) is 3.36. The van der Waals surface area contributed by atoms with Gasteiger partial charge in [0.2, 0.25) is 0 Å². The van der Waals surface area contributed by atoms with Crippen LogP contribution in [0.25, 0.3) is 6.08 Å². The zero-order valence-corrected chi connectivity index (χ0v) is 23.6. The van der Waals surface area contributed by atoms with Crippen molar-refractivity contribution in [2.45, 2.75) is 40.5 Å². The van der Waals surface area contributed by atoms with Gasteiger partial charge in [0.1, 0.15) is 0 Å². The van der Waals surface area contributed by atoms with Crippen molar-refractivity contribution in [2.24, 2.45) is 10.2 Å². The summed E-state index contributed by atoms with van der Waals surface area (Å²) in [6.45, 7) is 16.2. The van der Waals surface area contributed by atoms with Gasteiger partial charge in [-0.05, 0) is 93.2 Å². The summed E-state index contributed by atoms with van der Waals surface area (Å²) in [6.07, 6.45) is 8.13. The van der Waals surface area contributed by atoms with Crippen LogP contribution in [0, 0.1) is 0 Å². The van der Waals surface area contributed by atoms with Gasteiger partial charge >= 0.3 is 0 Å². The fourth-order valence-electron chi connectivity index (χ4n) is 5.31. The molecule has 2 aromatic carbocycles. The maximum absolute atomic E-state index is 5.64. The highest BCUT2D eigenvalue weighted by Gasteiger charge is 2.25. The molecule has 1 aliphatic carbocycles. The van der Waals surface area contributed by atoms with Gasteiger partial charge in [-0.3, -0.25) is 0 Å². The molecule has 0 aromatic heterocycles. The van der Waals surface area contributed by atoms with E-state index in [1.807, 2.05) is 12.4 Å². The first-order chi connectivity index (χ1) is 18.7. The Labute approximate surface area is 229 Å². The Hall–Kier alpha value is -3.38. The predicted octanol–water partition coefficient (Wildman–Crippen LogP) is 6.25. The van der Waals surface area contributed by atoms with Crippen molar-refractivity contribution in [3.8, 4) is 0 Å². The minimum Gasteiger partial charge on any atom is -0.378 e. The standard InChI is InChI=1S/C32H43N5O/c1-5-35(6-2)30-15-9-26(10-16-30)23-28-13-14-29(32(28)37-19-21-38-22-20-37)25-34-33-24-27-11-17-31(18-12-27)36(7-3)8-4/h9-12,15-18,23-25H,5-8,13-14,19-22H2,1-4H3/b28-23-,33-24?,34-25?. The Morgan fingerprint density at radius 3 is 1.79 bits per heavy atom. The second kappa shape index (κ2) is 14.0. The van der Waals surface area contributed by atoms with Crippen LogP contribution in [-0.2, 0) is 4.74 Å². The summed E-state index contributed by atoms with van der Waals surface area (Å²) >= 11 is 0. The lowest BCUT2D eigenvalue weighted by Crippen LogP contribution is -2.36. The minimum atomic E-state index is 0.765. The topological polar surface area (TPSA) is 43.7 Å². The molecule has 1 aliphatic heterocycles. The van der Waals surface area contributed by atoms with Crippen molar-refractivity contribution in [1.82, 2.24) is 4.90 Å². The van der Waals surface area contributed by atoms with E-state index in [1.54, 1.807) is 0 Å². The first kappa shape index (κ1) is 27.6. The molecule has 38 heavy (non-hydrogen) atoms. The molecule has 0 spiro atoms. The predicted molar refractivity (Wildman–Crippen MR) is 163 cm³/mol. The van der Waals surface area contributed by atoms with Gasteiger partial charge in [0.15, 0.2) is 0 Å². The number of morpholine rings is 1. The smallest absolute Gasteiger partial charge is 0.0642 e. The number of hydrogen-bond acceptors (Lipinski definition) is 6. The number of nitrogens with zero attached hydrogens (tertiary/aromatic N) is 5. The molecule has 0 N–H and O–H groups in total. The van der Waals surface area contributed by atoms with E-state index >= 15 is 0 Å². The van der Waals surface area contributed by atoms with Crippen molar-refractivity contribution < 1.29 is 4.74 Å². The first-order valence-electron chi connectivity index (χ1n) is 14.2. The number of benzene rings is 2. The summed E-state index contributed by atoms with van der Waals surface area (Å²) in [4.78, 5) is 7.17. The maximum Gasteiger partial charge on any atom is 0.0642 e. The molecule has 1 heterocycles. The molecule has 0 bridgehead atoms. The number of anilines is 2. The van der Waals surface area contributed by atoms with Gasteiger partial charge in [0.25, 0.3) is 0 Å². The summed E-state index contributed by atoms with van der Waals surface area (Å²) < 4.78 is 5.64. The molecular weight excluding hydrogens is 470 g/mol. The molecule has 1 fully saturated rings. The molecule has 6 heteroatoms. The first-order valence-corrected chi connectivity index (χ1v) is 14.2. The Balaban J connectivity index is 1.52. The second-order valence-electron chi connectivity index (χ2n) is 9.66. The molecule has 202 valence electrons. The quantitative estimate of drug-likeness (QED) is 0.263. The van der Waals surface area contributed by atoms with Crippen LogP contribution in [0.3, 0.4) is 0 Å². The molecule has 0 radical (unpaired) electrons. The van der Waals surface area contributed by atoms with Crippen molar-refractivity contribution in [1.29, 1.82) is 0 Å². The second-order valence-corrected chi connectivity index (χ2v) is 9.66. The van der Waals surface area contributed by atoms with Crippen LogP contribution in [-0.4, -0.2) is 69.8 Å². The van der Waals surface area contributed by atoms with Gasteiger partial charge in [-0.2, -0.15) is 10.2 Å². The summed E-state index contributed by atoms with van der Waals surface area (Å²) in [7, 11) is 0. The van der Waals surface area contributed by atoms with Gasteiger partial charge in [-0.25, -0.2) is 0 Å². The third-order valence-electron chi connectivity index (χ3n) is 7.47. The normalized spacial score (nSPS) is 17.4. The van der Waals surface area contributed by atoms with Crippen LogP contribution in [0.2, 0.25) is 0 Å². The van der Waals surface area contributed by atoms with E-state index in [1.165, 1.54) is 33.8 Å². The molecule has 0 unspecified atom stereocenters. The van der Waals surface area contributed by atoms with E-state index < -0.39 is 0 Å². The highest BCUT2D eigenvalue weighted by atomic mass is 16.5.